The van der Waals surface area contributed by atoms with Crippen molar-refractivity contribution in [2.24, 2.45) is 17.8 Å². The monoisotopic (exact) mass is 2020 g/mol. The lowest BCUT2D eigenvalue weighted by atomic mass is 9.88. The molecule has 0 radical (unpaired) electrons. The largest absolute Gasteiger partial charge is 0.488 e. The summed E-state index contributed by atoms with van der Waals surface area (Å²) in [6.07, 6.45) is 39.0. The Morgan fingerprint density at radius 3 is 0.859 bits per heavy atom. The number of ether oxygens (including phenoxy) is 15. The van der Waals surface area contributed by atoms with Gasteiger partial charge in [-0.2, -0.15) is 0 Å². The van der Waals surface area contributed by atoms with Crippen molar-refractivity contribution in [2.45, 2.75) is 465 Å². The molecule has 15 unspecified atom stereocenters. The number of carbonyl (C=O) groups excluding carboxylic acids is 13. The van der Waals surface area contributed by atoms with E-state index in [4.69, 9.17) is 71.1 Å². The van der Waals surface area contributed by atoms with Crippen LogP contribution in [0.3, 0.4) is 0 Å². The zero-order valence-corrected chi connectivity index (χ0v) is 88.3. The van der Waals surface area contributed by atoms with E-state index in [1.54, 1.807) is 12.1 Å². The lowest BCUT2D eigenvalue weighted by Gasteiger charge is -2.44. The van der Waals surface area contributed by atoms with Gasteiger partial charge in [0, 0.05) is 144 Å². The van der Waals surface area contributed by atoms with E-state index in [0.29, 0.717) is 71.3 Å². The predicted molar refractivity (Wildman–Crippen MR) is 536 cm³/mol. The van der Waals surface area contributed by atoms with Crippen molar-refractivity contribution < 1.29 is 138 Å². The van der Waals surface area contributed by atoms with Crippen LogP contribution in [-0.4, -0.2) is 241 Å². The minimum absolute atomic E-state index is 0.0570. The molecule has 4 rings (SSSR count). The maximum atomic E-state index is 13.9. The molecule has 3 aliphatic heterocycles. The zero-order chi connectivity index (χ0) is 104. The Kier molecular flexibility index (Phi) is 69.2. The molecule has 1 aromatic carbocycles. The first kappa shape index (κ1) is 126. The summed E-state index contributed by atoms with van der Waals surface area (Å²) in [7, 11) is 0. The molecule has 3 fully saturated rings. The van der Waals surface area contributed by atoms with Gasteiger partial charge in [0.1, 0.15) is 75.4 Å². The van der Waals surface area contributed by atoms with Crippen molar-refractivity contribution in [3.8, 4) is 17.2 Å². The Labute approximate surface area is 846 Å². The average molecular weight is 2020 g/mol. The maximum Gasteiger partial charge on any atom is 0.303 e. The molecular formula is C107H182N6O29. The highest BCUT2D eigenvalue weighted by molar-refractivity contribution is 5.95. The molecule has 15 atom stereocenters. The molecule has 7 N–H and O–H groups in total. The summed E-state index contributed by atoms with van der Waals surface area (Å²) in [5.41, 5.74) is 0.267. The van der Waals surface area contributed by atoms with Gasteiger partial charge < -0.3 is 108 Å². The normalized spacial score (nSPS) is 20.9. The van der Waals surface area contributed by atoms with Crippen LogP contribution in [0, 0.1) is 17.8 Å². The highest BCUT2D eigenvalue weighted by Gasteiger charge is 2.50. The second-order valence-electron chi connectivity index (χ2n) is 38.7. The van der Waals surface area contributed by atoms with E-state index in [9.17, 15) is 67.4 Å². The summed E-state index contributed by atoms with van der Waals surface area (Å²) in [6.45, 7) is 19.6. The second-order valence-corrected chi connectivity index (χ2v) is 38.7. The molecular weight excluding hydrogens is 1830 g/mol. The molecule has 0 bridgehead atoms. The first-order valence-electron chi connectivity index (χ1n) is 53.9. The van der Waals surface area contributed by atoms with Crippen molar-refractivity contribution in [2.75, 3.05) is 85.7 Å². The number of benzene rings is 1. The van der Waals surface area contributed by atoms with E-state index < -0.39 is 109 Å². The van der Waals surface area contributed by atoms with Gasteiger partial charge in [-0.3, -0.25) is 62.3 Å². The molecule has 0 saturated carbocycles. The topological polar surface area (TPSA) is 453 Å². The van der Waals surface area contributed by atoms with Gasteiger partial charge >= 0.3 is 35.8 Å². The first-order chi connectivity index (χ1) is 68.4. The summed E-state index contributed by atoms with van der Waals surface area (Å²) >= 11 is 0. The zero-order valence-electron chi connectivity index (χ0n) is 88.3. The number of aliphatic hydroxyl groups is 1. The van der Waals surface area contributed by atoms with Crippen molar-refractivity contribution >= 4 is 77.0 Å². The fraction of sp³-hybridized carbons (Fsp3) is 0.822. The molecule has 142 heavy (non-hydrogen) atoms. The van der Waals surface area contributed by atoms with Crippen LogP contribution in [0.5, 0.6) is 17.2 Å². The lowest BCUT2D eigenvalue weighted by molar-refractivity contribution is -0.262. The van der Waals surface area contributed by atoms with Gasteiger partial charge in [-0.25, -0.2) is 0 Å². The summed E-state index contributed by atoms with van der Waals surface area (Å²) in [6, 6.07) is 1.51. The van der Waals surface area contributed by atoms with Gasteiger partial charge in [0.05, 0.1) is 37.8 Å². The number of aliphatic hydroxyl groups excluding tert-OH is 1. The van der Waals surface area contributed by atoms with Crippen molar-refractivity contribution in [1.82, 2.24) is 31.9 Å². The van der Waals surface area contributed by atoms with Crippen LogP contribution in [0.25, 0.3) is 0 Å². The summed E-state index contributed by atoms with van der Waals surface area (Å²) in [4.78, 5) is 161. The van der Waals surface area contributed by atoms with Gasteiger partial charge in [0.2, 0.25) is 35.3 Å². The number of amides is 6. The van der Waals surface area contributed by atoms with Gasteiger partial charge in [-0.05, 0) is 69.9 Å². The van der Waals surface area contributed by atoms with Gasteiger partial charge in [-0.15, -0.1) is 0 Å². The fourth-order valence-electron chi connectivity index (χ4n) is 18.3. The number of hydrogen-bond donors (Lipinski definition) is 7. The minimum atomic E-state index is -0.807. The van der Waals surface area contributed by atoms with E-state index in [0.717, 1.165) is 231 Å². The lowest BCUT2D eigenvalue weighted by Crippen LogP contribution is -2.62. The van der Waals surface area contributed by atoms with E-state index in [1.165, 1.54) is 94.4 Å². The standard InChI is InChI=1S/C107H182N6O29/c1-76-97(111-79(4)115)105(140-92(73-134-82(7)118)100(76)137-85(10)121)131-65-53-45-37-31-25-19-13-16-22-28-34-40-48-57-89(124)58-56-68-130-103-90(128-69-62-108-95(125)59-49-41-35-29-23-17-14-20-26-32-38-46-54-66-132-106-98(112-80(5)116)77(2)101(138-86(11)122)93(141-106)74-135-83(8)119)71-88(104(127)110-61-51-43-44-52-64-114)72-91(103)129-70-63-109-96(126)60-50-42-36-30-24-18-15-21-27-33-39-47-55-67-133-107-99(113-81(6)117)78(3)102(139-87(12)123)94(142-107)75-136-84(9)120/h71-72,76-78,92-94,97-102,105-107,114H,13-70,73-75H2,1-12H3,(H,108,125)(H,109,126)(H,110,127)(H,111,115)(H,112,116)(H,113,117). The number of nitrogens with one attached hydrogen (secondary N) is 6. The molecule has 6 amide bonds. The first-order valence-corrected chi connectivity index (χ1v) is 53.9. The molecule has 0 aliphatic carbocycles. The maximum absolute atomic E-state index is 13.9. The number of Topliss-reactive ketones (excluding diaryl/α,β-unsaturated/α-hetero) is 1. The molecule has 0 aromatic heterocycles. The second kappa shape index (κ2) is 78.0. The van der Waals surface area contributed by atoms with Crippen LogP contribution < -0.4 is 46.1 Å². The van der Waals surface area contributed by atoms with Crippen LogP contribution in [-0.2, 0) is 114 Å². The van der Waals surface area contributed by atoms with Crippen molar-refractivity contribution in [3.05, 3.63) is 17.7 Å². The molecule has 3 saturated heterocycles. The summed E-state index contributed by atoms with van der Waals surface area (Å²) in [5.74, 6) is -4.56. The van der Waals surface area contributed by atoms with Crippen LogP contribution in [0.2, 0.25) is 0 Å². The Morgan fingerprint density at radius 1 is 0.296 bits per heavy atom. The van der Waals surface area contributed by atoms with Gasteiger partial charge in [0.25, 0.3) is 5.91 Å². The SMILES string of the molecule is CC(=O)NC1C(OCCCCCCCCCCCCCCCC(=O)CCCOc2c(OCCNC(=O)CCCCCCCCCCCCCCCOC3OC(COC(C)=O)C(OC(C)=O)C(C)C3NC(C)=O)cc(C(=O)NCCCCCCO)cc2OCCNC(=O)CCCCCCCCCCCCCCCOC2OC(COC(C)=O)C(OC(C)=O)C(C)C2NC(C)=O)OC(COC(C)=O)C(OC(C)=O)C1C. The number of carbonyl (C=O) groups is 13. The van der Waals surface area contributed by atoms with Crippen LogP contribution >= 0.6 is 0 Å². The molecule has 1 aromatic rings. The van der Waals surface area contributed by atoms with Crippen LogP contribution in [0.1, 0.15) is 402 Å². The molecule has 3 aliphatic rings. The number of hydrogen-bond acceptors (Lipinski definition) is 29. The van der Waals surface area contributed by atoms with E-state index in [1.807, 2.05) is 20.8 Å². The van der Waals surface area contributed by atoms with Gasteiger partial charge in [-0.1, -0.05) is 245 Å². The molecule has 3 heterocycles. The van der Waals surface area contributed by atoms with E-state index >= 15 is 0 Å². The van der Waals surface area contributed by atoms with Crippen molar-refractivity contribution in [1.29, 1.82) is 0 Å². The Hall–Kier alpha value is -8.35. The number of ketones is 1. The Morgan fingerprint density at radius 2 is 0.570 bits per heavy atom. The smallest absolute Gasteiger partial charge is 0.303 e. The summed E-state index contributed by atoms with van der Waals surface area (Å²) < 4.78 is 88.5. The van der Waals surface area contributed by atoms with E-state index in [2.05, 4.69) is 31.9 Å². The summed E-state index contributed by atoms with van der Waals surface area (Å²) in [5, 5.41) is 27.0. The van der Waals surface area contributed by atoms with Crippen LogP contribution in [0.4, 0.5) is 0 Å². The third kappa shape index (κ3) is 58.1. The molecule has 35 heteroatoms. The third-order valence-corrected chi connectivity index (χ3v) is 25.9. The molecule has 0 spiro atoms. The number of rotatable bonds is 83. The third-order valence-electron chi connectivity index (χ3n) is 25.9. The highest BCUT2D eigenvalue weighted by Crippen LogP contribution is 2.41. The minimum Gasteiger partial charge on any atom is -0.488 e. The quantitative estimate of drug-likeness (QED) is 0.0181. The van der Waals surface area contributed by atoms with E-state index in [-0.39, 0.29) is 141 Å². The number of unbranched alkanes of at least 4 members (excludes halogenated alkanes) is 39. The number of esters is 6. The van der Waals surface area contributed by atoms with Crippen LogP contribution in [0.15, 0.2) is 12.1 Å². The average Bonchev–Trinajstić information content (AvgIpc) is 0.786. The van der Waals surface area contributed by atoms with Gasteiger partial charge in [0.15, 0.2) is 30.4 Å². The molecule has 35 nitrogen and oxygen atoms in total. The molecule has 814 valence electrons. The Bertz CT molecular complexity index is 3570. The fourth-order valence-corrected chi connectivity index (χ4v) is 18.3. The Balaban J connectivity index is 1.20. The predicted octanol–water partition coefficient (Wildman–Crippen LogP) is 16.2. The van der Waals surface area contributed by atoms with Crippen molar-refractivity contribution in [3.63, 3.8) is 0 Å². The highest BCUT2D eigenvalue weighted by atomic mass is 16.7.